The number of benzene rings is 4. The molecular formula is C29H27FN2OS. The predicted octanol–water partition coefficient (Wildman–Crippen LogP) is 6.57. The molecule has 4 rings (SSSR count). The maximum atomic E-state index is 13.2. The Hall–Kier alpha value is -3.57. The number of nitrogens with one attached hydrogen (secondary N) is 2. The van der Waals surface area contributed by atoms with Crippen molar-refractivity contribution in [1.82, 2.24) is 5.32 Å². The van der Waals surface area contributed by atoms with Crippen LogP contribution < -0.4 is 10.6 Å². The second-order valence-corrected chi connectivity index (χ2v) is 9.10. The first-order valence-corrected chi connectivity index (χ1v) is 12.3. The Kier molecular flexibility index (Phi) is 8.36. The first-order valence-electron chi connectivity index (χ1n) is 11.3. The lowest BCUT2D eigenvalue weighted by molar-refractivity contribution is 0.0939. The molecule has 0 fully saturated rings. The average molecular weight is 471 g/mol. The van der Waals surface area contributed by atoms with Crippen LogP contribution in [0.3, 0.4) is 0 Å². The maximum absolute atomic E-state index is 13.2. The van der Waals surface area contributed by atoms with Crippen molar-refractivity contribution in [3.05, 3.63) is 132 Å². The number of halogens is 1. The highest BCUT2D eigenvalue weighted by Crippen LogP contribution is 2.24. The van der Waals surface area contributed by atoms with E-state index in [1.54, 1.807) is 11.8 Å². The van der Waals surface area contributed by atoms with E-state index in [9.17, 15) is 9.18 Å². The van der Waals surface area contributed by atoms with Crippen LogP contribution in [0.5, 0.6) is 0 Å². The van der Waals surface area contributed by atoms with Gasteiger partial charge in [-0.15, -0.1) is 11.8 Å². The first kappa shape index (κ1) is 23.6. The number of rotatable bonds is 10. The summed E-state index contributed by atoms with van der Waals surface area (Å²) in [7, 11) is 0. The molecule has 0 saturated carbocycles. The van der Waals surface area contributed by atoms with Crippen LogP contribution in [0.15, 0.2) is 114 Å². The molecule has 0 radical (unpaired) electrons. The molecule has 0 bridgehead atoms. The van der Waals surface area contributed by atoms with Crippen LogP contribution >= 0.6 is 11.8 Å². The second-order valence-electron chi connectivity index (χ2n) is 8.05. The topological polar surface area (TPSA) is 41.1 Å². The molecule has 2 N–H and O–H groups in total. The van der Waals surface area contributed by atoms with E-state index < -0.39 is 0 Å². The summed E-state index contributed by atoms with van der Waals surface area (Å²) >= 11 is 1.80. The minimum atomic E-state index is -0.357. The molecule has 1 unspecified atom stereocenters. The van der Waals surface area contributed by atoms with E-state index in [4.69, 9.17) is 0 Å². The number of carbonyl (C=O) groups excluding carboxylic acids is 1. The molecule has 1 amide bonds. The molecular weight excluding hydrogens is 443 g/mol. The normalized spacial score (nSPS) is 11.6. The van der Waals surface area contributed by atoms with Crippen LogP contribution in [-0.2, 0) is 12.2 Å². The molecule has 0 aliphatic heterocycles. The van der Waals surface area contributed by atoms with Gasteiger partial charge < -0.3 is 10.6 Å². The van der Waals surface area contributed by atoms with Crippen molar-refractivity contribution in [2.45, 2.75) is 23.1 Å². The molecule has 0 heterocycles. The molecule has 4 aromatic carbocycles. The molecule has 0 aromatic heterocycles. The van der Waals surface area contributed by atoms with Gasteiger partial charge in [0.05, 0.1) is 6.04 Å². The zero-order chi connectivity index (χ0) is 23.6. The summed E-state index contributed by atoms with van der Waals surface area (Å²) in [6.07, 6.45) is 0.686. The molecule has 172 valence electrons. The number of thioether (sulfide) groups is 1. The van der Waals surface area contributed by atoms with Crippen LogP contribution in [0.1, 0.15) is 21.5 Å². The Labute approximate surface area is 204 Å². The van der Waals surface area contributed by atoms with Gasteiger partial charge in [-0.2, -0.15) is 0 Å². The van der Waals surface area contributed by atoms with Gasteiger partial charge in [0.15, 0.2) is 0 Å². The molecule has 1 atom stereocenters. The molecule has 5 heteroatoms. The smallest absolute Gasteiger partial charge is 0.251 e. The van der Waals surface area contributed by atoms with Crippen LogP contribution in [0.25, 0.3) is 0 Å². The summed E-state index contributed by atoms with van der Waals surface area (Å²) in [5.41, 5.74) is 3.88. The Bertz CT molecular complexity index is 1170. The minimum Gasteiger partial charge on any atom is -0.383 e. The summed E-state index contributed by atoms with van der Waals surface area (Å²) in [5.74, 6) is 0.363. The lowest BCUT2D eigenvalue weighted by atomic mass is 10.0. The summed E-state index contributed by atoms with van der Waals surface area (Å²) in [5, 5.41) is 6.54. The third-order valence-electron chi connectivity index (χ3n) is 5.42. The molecule has 4 aromatic rings. The lowest BCUT2D eigenvalue weighted by Gasteiger charge is -2.20. The van der Waals surface area contributed by atoms with E-state index in [0.29, 0.717) is 18.5 Å². The van der Waals surface area contributed by atoms with E-state index in [1.807, 2.05) is 24.3 Å². The van der Waals surface area contributed by atoms with Gasteiger partial charge in [-0.25, -0.2) is 4.39 Å². The molecule has 0 spiro atoms. The van der Waals surface area contributed by atoms with Gasteiger partial charge in [0.25, 0.3) is 5.91 Å². The third kappa shape index (κ3) is 7.22. The van der Waals surface area contributed by atoms with E-state index in [2.05, 4.69) is 71.3 Å². The Balaban J connectivity index is 1.36. The number of anilines is 1. The Morgan fingerprint density at radius 2 is 1.38 bits per heavy atom. The standard InChI is InChI=1S/C29H27FN2OS/c30-25-13-11-24(12-14-25)29(33)32-27(19-22-7-3-1-4-8-22)20-31-26-15-17-28(18-16-26)34-21-23-9-5-2-6-10-23/h1-18,27,31H,19-21H2,(H,32,33). The van der Waals surface area contributed by atoms with Crippen molar-refractivity contribution in [3.63, 3.8) is 0 Å². The molecule has 0 aliphatic rings. The highest BCUT2D eigenvalue weighted by atomic mass is 32.2. The number of carbonyl (C=O) groups is 1. The van der Waals surface area contributed by atoms with E-state index in [0.717, 1.165) is 17.0 Å². The molecule has 34 heavy (non-hydrogen) atoms. The van der Waals surface area contributed by atoms with Crippen molar-refractivity contribution in [3.8, 4) is 0 Å². The fraction of sp³-hybridized carbons (Fsp3) is 0.138. The highest BCUT2D eigenvalue weighted by Gasteiger charge is 2.15. The minimum absolute atomic E-state index is 0.132. The SMILES string of the molecule is O=C(NC(CNc1ccc(SCc2ccccc2)cc1)Cc1ccccc1)c1ccc(F)cc1. The van der Waals surface area contributed by atoms with Crippen molar-refractivity contribution in [2.24, 2.45) is 0 Å². The summed E-state index contributed by atoms with van der Waals surface area (Å²) in [4.78, 5) is 13.9. The fourth-order valence-corrected chi connectivity index (χ4v) is 4.45. The van der Waals surface area contributed by atoms with E-state index in [-0.39, 0.29) is 17.8 Å². The Morgan fingerprint density at radius 1 is 0.765 bits per heavy atom. The summed E-state index contributed by atoms with van der Waals surface area (Å²) < 4.78 is 13.2. The Morgan fingerprint density at radius 3 is 2.03 bits per heavy atom. The molecule has 0 saturated heterocycles. The summed E-state index contributed by atoms with van der Waals surface area (Å²) in [6.45, 7) is 0.568. The average Bonchev–Trinajstić information content (AvgIpc) is 2.88. The van der Waals surface area contributed by atoms with Crippen molar-refractivity contribution >= 4 is 23.4 Å². The van der Waals surface area contributed by atoms with Gasteiger partial charge in [-0.1, -0.05) is 60.7 Å². The van der Waals surface area contributed by atoms with Crippen molar-refractivity contribution < 1.29 is 9.18 Å². The van der Waals surface area contributed by atoms with Gasteiger partial charge in [0, 0.05) is 28.4 Å². The van der Waals surface area contributed by atoms with Crippen LogP contribution in [0, 0.1) is 5.82 Å². The van der Waals surface area contributed by atoms with Crippen molar-refractivity contribution in [1.29, 1.82) is 0 Å². The predicted molar refractivity (Wildman–Crippen MR) is 139 cm³/mol. The monoisotopic (exact) mass is 470 g/mol. The zero-order valence-electron chi connectivity index (χ0n) is 18.8. The van der Waals surface area contributed by atoms with E-state index >= 15 is 0 Å². The van der Waals surface area contributed by atoms with Crippen LogP contribution in [0.2, 0.25) is 0 Å². The van der Waals surface area contributed by atoms with Crippen molar-refractivity contribution in [2.75, 3.05) is 11.9 Å². The quantitative estimate of drug-likeness (QED) is 0.258. The van der Waals surface area contributed by atoms with Gasteiger partial charge in [-0.3, -0.25) is 4.79 Å². The van der Waals surface area contributed by atoms with E-state index in [1.165, 1.54) is 34.7 Å². The largest absolute Gasteiger partial charge is 0.383 e. The number of hydrogen-bond acceptors (Lipinski definition) is 3. The zero-order valence-corrected chi connectivity index (χ0v) is 19.6. The van der Waals surface area contributed by atoms with Crippen LogP contribution in [0.4, 0.5) is 10.1 Å². The first-order chi connectivity index (χ1) is 16.7. The highest BCUT2D eigenvalue weighted by molar-refractivity contribution is 7.98. The summed E-state index contributed by atoms with van der Waals surface area (Å²) in [6, 6.07) is 34.3. The van der Waals surface area contributed by atoms with Gasteiger partial charge in [-0.05, 0) is 66.1 Å². The number of hydrogen-bond donors (Lipinski definition) is 2. The van der Waals surface area contributed by atoms with Gasteiger partial charge >= 0.3 is 0 Å². The fourth-order valence-electron chi connectivity index (χ4n) is 3.59. The van der Waals surface area contributed by atoms with Gasteiger partial charge in [0.1, 0.15) is 5.82 Å². The lowest BCUT2D eigenvalue weighted by Crippen LogP contribution is -2.41. The third-order valence-corrected chi connectivity index (χ3v) is 6.50. The van der Waals surface area contributed by atoms with Gasteiger partial charge in [0.2, 0.25) is 0 Å². The molecule has 0 aliphatic carbocycles. The maximum Gasteiger partial charge on any atom is 0.251 e. The molecule has 3 nitrogen and oxygen atoms in total. The van der Waals surface area contributed by atoms with Crippen LogP contribution in [-0.4, -0.2) is 18.5 Å². The second kappa shape index (κ2) is 12.1. The number of amides is 1.